The van der Waals surface area contributed by atoms with Crippen molar-refractivity contribution in [2.45, 2.75) is 45.0 Å². The molecule has 3 N–H and O–H groups in total. The zero-order chi connectivity index (χ0) is 27.8. The number of carbonyl (C=O) groups excluding carboxylic acids is 2. The molecule has 0 amide bonds. The van der Waals surface area contributed by atoms with Gasteiger partial charge in [-0.25, -0.2) is 0 Å². The van der Waals surface area contributed by atoms with Crippen LogP contribution in [0.5, 0.6) is 11.5 Å². The Morgan fingerprint density at radius 3 is 2.56 bits per heavy atom. The first-order chi connectivity index (χ1) is 18.8. The highest BCUT2D eigenvalue weighted by Gasteiger charge is 2.53. The second-order valence-corrected chi connectivity index (χ2v) is 11.7. The minimum atomic E-state index is -1.06. The zero-order valence-corrected chi connectivity index (χ0v) is 24.2. The van der Waals surface area contributed by atoms with Crippen molar-refractivity contribution in [2.24, 2.45) is 17.8 Å². The zero-order valence-electron chi connectivity index (χ0n) is 22.0. The van der Waals surface area contributed by atoms with Gasteiger partial charge in [0.05, 0.1) is 23.4 Å². The molecule has 1 heterocycles. The van der Waals surface area contributed by atoms with Crippen molar-refractivity contribution in [3.8, 4) is 11.5 Å². The molecule has 0 saturated carbocycles. The van der Waals surface area contributed by atoms with E-state index < -0.39 is 25.1 Å². The lowest BCUT2D eigenvalue weighted by molar-refractivity contribution is 0.0590. The Balaban J connectivity index is 1.44. The summed E-state index contributed by atoms with van der Waals surface area (Å²) >= 11 is 2.07. The van der Waals surface area contributed by atoms with Gasteiger partial charge in [0.25, 0.3) is 0 Å². The maximum atomic E-state index is 13.7. The second-order valence-electron chi connectivity index (χ2n) is 10.5. The number of hydrogen-bond donors (Lipinski definition) is 3. The molecule has 0 unspecified atom stereocenters. The summed E-state index contributed by atoms with van der Waals surface area (Å²) in [5, 5.41) is 31.3. The van der Waals surface area contributed by atoms with Gasteiger partial charge in [0.2, 0.25) is 0 Å². The number of carbonyl (C=O) groups is 2. The van der Waals surface area contributed by atoms with Crippen LogP contribution >= 0.6 is 22.6 Å². The van der Waals surface area contributed by atoms with Crippen molar-refractivity contribution in [3.05, 3.63) is 73.4 Å². The molecule has 0 radical (unpaired) electrons. The smallest absolute Gasteiger partial charge is 0.455 e. The highest BCUT2D eigenvalue weighted by atomic mass is 127. The van der Waals surface area contributed by atoms with E-state index in [1.807, 2.05) is 6.07 Å². The summed E-state index contributed by atoms with van der Waals surface area (Å²) in [5.41, 5.74) is 4.58. The van der Waals surface area contributed by atoms with Crippen molar-refractivity contribution in [1.82, 2.24) is 0 Å². The average Bonchev–Trinajstić information content (AvgIpc) is 2.94. The molecule has 1 fully saturated rings. The van der Waals surface area contributed by atoms with Crippen LogP contribution in [-0.2, 0) is 4.65 Å². The molecule has 2 aliphatic carbocycles. The fraction of sp³-hybridized carbons (Fsp3) is 0.400. The SMILES string of the molecule is CC/C(=C\c1cc(I)c(O)c(OC)c1)CC[C@H]1OB(O)C[C@H]2C1=C(CO)C[C@H]1C(=O)c3ccccc3C(=O)[C@H]12. The number of halogens is 1. The van der Waals surface area contributed by atoms with Crippen LogP contribution in [0.4, 0.5) is 0 Å². The normalized spacial score (nSPS) is 24.8. The lowest BCUT2D eigenvalue weighted by atomic mass is 9.54. The quantitative estimate of drug-likeness (QED) is 0.220. The number of ether oxygens (including phenoxy) is 1. The van der Waals surface area contributed by atoms with E-state index in [1.165, 1.54) is 7.11 Å². The average molecular weight is 642 g/mol. The third kappa shape index (κ3) is 5.22. The van der Waals surface area contributed by atoms with Gasteiger partial charge in [-0.15, -0.1) is 0 Å². The molecule has 39 heavy (non-hydrogen) atoms. The van der Waals surface area contributed by atoms with Gasteiger partial charge in [-0.1, -0.05) is 42.8 Å². The molecular formula is C30H32BIO7. The minimum Gasteiger partial charge on any atom is -0.504 e. The Labute approximate surface area is 242 Å². The number of hydrogen-bond acceptors (Lipinski definition) is 7. The number of rotatable bonds is 7. The molecule has 1 aliphatic heterocycles. The van der Waals surface area contributed by atoms with Crippen LogP contribution in [0.15, 0.2) is 53.1 Å². The number of methoxy groups -OCH3 is 1. The monoisotopic (exact) mass is 642 g/mol. The Bertz CT molecular complexity index is 1370. The van der Waals surface area contributed by atoms with E-state index in [4.69, 9.17) is 9.39 Å². The molecule has 0 spiro atoms. The lowest BCUT2D eigenvalue weighted by Gasteiger charge is -2.47. The number of aromatic hydroxyl groups is 1. The predicted molar refractivity (Wildman–Crippen MR) is 157 cm³/mol. The topological polar surface area (TPSA) is 113 Å². The molecule has 204 valence electrons. The number of phenols is 1. The van der Waals surface area contributed by atoms with Gasteiger partial charge in [0, 0.05) is 23.0 Å². The molecule has 7 nitrogen and oxygen atoms in total. The van der Waals surface area contributed by atoms with Gasteiger partial charge < -0.3 is 24.6 Å². The Kier molecular flexibility index (Phi) is 8.33. The number of benzene rings is 2. The van der Waals surface area contributed by atoms with Crippen LogP contribution in [0.1, 0.15) is 58.9 Å². The lowest BCUT2D eigenvalue weighted by Crippen LogP contribution is -2.51. The first kappa shape index (κ1) is 28.1. The van der Waals surface area contributed by atoms with Crippen LogP contribution in [0.2, 0.25) is 6.32 Å². The first-order valence-corrected chi connectivity index (χ1v) is 14.4. The van der Waals surface area contributed by atoms with E-state index in [0.29, 0.717) is 39.7 Å². The maximum Gasteiger partial charge on any atom is 0.455 e. The van der Waals surface area contributed by atoms with E-state index in [0.717, 1.165) is 28.7 Å². The fourth-order valence-corrected chi connectivity index (χ4v) is 7.18. The van der Waals surface area contributed by atoms with E-state index in [-0.39, 0.29) is 36.2 Å². The number of fused-ring (bicyclic) bond motifs is 4. The number of aliphatic hydroxyl groups excluding tert-OH is 1. The highest BCUT2D eigenvalue weighted by molar-refractivity contribution is 14.1. The van der Waals surface area contributed by atoms with Gasteiger partial charge >= 0.3 is 7.12 Å². The van der Waals surface area contributed by atoms with E-state index >= 15 is 0 Å². The maximum absolute atomic E-state index is 13.7. The highest BCUT2D eigenvalue weighted by Crippen LogP contribution is 2.50. The third-order valence-corrected chi connectivity index (χ3v) is 9.20. The molecule has 2 aromatic carbocycles. The van der Waals surface area contributed by atoms with Gasteiger partial charge in [-0.05, 0) is 89.4 Å². The summed E-state index contributed by atoms with van der Waals surface area (Å²) in [4.78, 5) is 27.1. The van der Waals surface area contributed by atoms with Crippen LogP contribution in [0.3, 0.4) is 0 Å². The molecule has 0 bridgehead atoms. The Hall–Kier alpha value is -2.47. The van der Waals surface area contributed by atoms with Crippen molar-refractivity contribution in [3.63, 3.8) is 0 Å². The number of allylic oxidation sites excluding steroid dienone is 1. The molecule has 4 atom stereocenters. The molecule has 3 aliphatic rings. The van der Waals surface area contributed by atoms with Crippen LogP contribution < -0.4 is 4.74 Å². The van der Waals surface area contributed by atoms with Crippen molar-refractivity contribution in [1.29, 1.82) is 0 Å². The molecular weight excluding hydrogens is 610 g/mol. The molecule has 9 heteroatoms. The summed E-state index contributed by atoms with van der Waals surface area (Å²) in [6, 6.07) is 10.6. The first-order valence-electron chi connectivity index (χ1n) is 13.4. The standard InChI is InChI=1S/C30H32BIO7/c1-3-16(10-17-11-23(32)30(36)25(12-17)38-2)8-9-24-26-18(15-33)13-21-27(22(26)14-31(37)39-24)29(35)20-7-5-4-6-19(20)28(21)34/h4-7,10-12,21-22,24,27,33,36-37H,3,8-9,13-15H2,1-2H3/b16-10+/t21-,22+,24-,27-/m1/s1. The number of Topliss-reactive ketones (excluding diaryl/α,β-unsaturated/α-hetero) is 2. The second kappa shape index (κ2) is 11.6. The summed E-state index contributed by atoms with van der Waals surface area (Å²) in [6.45, 7) is 1.86. The Morgan fingerprint density at radius 1 is 1.18 bits per heavy atom. The van der Waals surface area contributed by atoms with E-state index in [1.54, 1.807) is 30.3 Å². The van der Waals surface area contributed by atoms with Gasteiger partial charge in [-0.3, -0.25) is 9.59 Å². The van der Waals surface area contributed by atoms with E-state index in [9.17, 15) is 24.8 Å². The summed E-state index contributed by atoms with van der Waals surface area (Å²) in [6.07, 6.45) is 4.18. The predicted octanol–water partition coefficient (Wildman–Crippen LogP) is 5.08. The van der Waals surface area contributed by atoms with Crippen LogP contribution in [0.25, 0.3) is 6.08 Å². The minimum absolute atomic E-state index is 0.0621. The van der Waals surface area contributed by atoms with Crippen molar-refractivity contribution >= 4 is 47.4 Å². The summed E-state index contributed by atoms with van der Waals surface area (Å²) in [7, 11) is 0.464. The van der Waals surface area contributed by atoms with Gasteiger partial charge in [0.1, 0.15) is 0 Å². The van der Waals surface area contributed by atoms with Gasteiger partial charge in [0.15, 0.2) is 23.1 Å². The molecule has 2 aromatic rings. The third-order valence-electron chi connectivity index (χ3n) is 8.38. The molecule has 0 aromatic heterocycles. The number of aliphatic hydroxyl groups is 1. The number of phenolic OH excluding ortho intramolecular Hbond substituents is 1. The fourth-order valence-electron chi connectivity index (χ4n) is 6.55. The van der Waals surface area contributed by atoms with Crippen molar-refractivity contribution in [2.75, 3.05) is 13.7 Å². The summed E-state index contributed by atoms with van der Waals surface area (Å²) in [5.74, 6) is -1.06. The molecule has 5 rings (SSSR count). The van der Waals surface area contributed by atoms with Crippen LogP contribution in [0, 0.1) is 21.3 Å². The van der Waals surface area contributed by atoms with Gasteiger partial charge in [-0.2, -0.15) is 0 Å². The summed E-state index contributed by atoms with van der Waals surface area (Å²) < 4.78 is 12.0. The largest absolute Gasteiger partial charge is 0.504 e. The Morgan fingerprint density at radius 2 is 1.90 bits per heavy atom. The molecule has 1 saturated heterocycles. The van der Waals surface area contributed by atoms with Crippen LogP contribution in [-0.4, -0.2) is 53.7 Å². The van der Waals surface area contributed by atoms with E-state index in [2.05, 4.69) is 35.6 Å². The number of ketones is 2. The van der Waals surface area contributed by atoms with Crippen molar-refractivity contribution < 1.29 is 34.2 Å².